The van der Waals surface area contributed by atoms with Gasteiger partial charge in [-0.05, 0) is 20.3 Å². The zero-order valence-electron chi connectivity index (χ0n) is 11.5. The molecule has 0 rings (SSSR count). The number of amidine groups is 1. The summed E-state index contributed by atoms with van der Waals surface area (Å²) in [6.07, 6.45) is 2.04. The lowest BCUT2D eigenvalue weighted by atomic mass is 10.2. The van der Waals surface area contributed by atoms with Gasteiger partial charge in [-0.3, -0.25) is 4.99 Å². The van der Waals surface area contributed by atoms with Crippen LogP contribution in [0.15, 0.2) is 17.1 Å². The van der Waals surface area contributed by atoms with Gasteiger partial charge in [-0.1, -0.05) is 19.1 Å². The summed E-state index contributed by atoms with van der Waals surface area (Å²) in [5.74, 6) is 1.11. The molecule has 0 bridgehead atoms. The van der Waals surface area contributed by atoms with Crippen molar-refractivity contribution < 1.29 is 0 Å². The Morgan fingerprint density at radius 1 is 1.50 bits per heavy atom. The lowest BCUT2D eigenvalue weighted by Gasteiger charge is -2.22. The maximum Gasteiger partial charge on any atom is 0.102 e. The highest BCUT2D eigenvalue weighted by Gasteiger charge is 2.06. The van der Waals surface area contributed by atoms with Crippen LogP contribution in [-0.2, 0) is 0 Å². The van der Waals surface area contributed by atoms with E-state index in [0.717, 1.165) is 30.9 Å². The molecule has 3 nitrogen and oxygen atoms in total. The van der Waals surface area contributed by atoms with Gasteiger partial charge in [-0.2, -0.15) is 0 Å². The minimum absolute atomic E-state index is 0.594. The summed E-state index contributed by atoms with van der Waals surface area (Å²) < 4.78 is 0. The van der Waals surface area contributed by atoms with Gasteiger partial charge in [0.1, 0.15) is 5.84 Å². The SMILES string of the molecule is C=C(C)C/C(=N/C)N(C)CCNC(C)CC. The molecule has 0 aromatic carbocycles. The second-order valence-electron chi connectivity index (χ2n) is 4.46. The van der Waals surface area contributed by atoms with Crippen molar-refractivity contribution in [3.8, 4) is 0 Å². The lowest BCUT2D eigenvalue weighted by Crippen LogP contribution is -2.36. The van der Waals surface area contributed by atoms with Crippen LogP contribution < -0.4 is 5.32 Å². The lowest BCUT2D eigenvalue weighted by molar-refractivity contribution is 0.444. The molecule has 1 N–H and O–H groups in total. The molecule has 94 valence electrons. The number of hydrogen-bond donors (Lipinski definition) is 1. The van der Waals surface area contributed by atoms with Crippen LogP contribution in [0.25, 0.3) is 0 Å². The molecule has 0 saturated carbocycles. The Balaban J connectivity index is 3.94. The molecule has 0 heterocycles. The quantitative estimate of drug-likeness (QED) is 0.409. The van der Waals surface area contributed by atoms with Crippen LogP contribution in [0.1, 0.15) is 33.6 Å². The van der Waals surface area contributed by atoms with Crippen LogP contribution in [0.3, 0.4) is 0 Å². The van der Waals surface area contributed by atoms with E-state index in [0.29, 0.717) is 6.04 Å². The van der Waals surface area contributed by atoms with E-state index in [-0.39, 0.29) is 0 Å². The molecule has 0 aliphatic heterocycles. The van der Waals surface area contributed by atoms with E-state index in [1.165, 1.54) is 6.42 Å². The van der Waals surface area contributed by atoms with E-state index in [1.54, 1.807) is 0 Å². The Labute approximate surface area is 101 Å². The van der Waals surface area contributed by atoms with E-state index in [1.807, 2.05) is 14.0 Å². The van der Waals surface area contributed by atoms with Crippen LogP contribution in [-0.4, -0.2) is 44.0 Å². The van der Waals surface area contributed by atoms with Crippen molar-refractivity contribution in [1.29, 1.82) is 0 Å². The highest BCUT2D eigenvalue weighted by molar-refractivity contribution is 5.83. The van der Waals surface area contributed by atoms with E-state index in [4.69, 9.17) is 0 Å². The molecule has 0 radical (unpaired) electrons. The Morgan fingerprint density at radius 3 is 2.56 bits per heavy atom. The second-order valence-corrected chi connectivity index (χ2v) is 4.46. The monoisotopic (exact) mass is 225 g/mol. The highest BCUT2D eigenvalue weighted by Crippen LogP contribution is 2.01. The van der Waals surface area contributed by atoms with Crippen LogP contribution in [0.4, 0.5) is 0 Å². The number of likely N-dealkylation sites (N-methyl/N-ethyl adjacent to an activating group) is 1. The standard InChI is InChI=1S/C13H27N3/c1-7-12(4)15-8-9-16(6)13(14-5)10-11(2)3/h12,15H,2,7-10H2,1,3-6H3/b14-13-. The van der Waals surface area contributed by atoms with Gasteiger partial charge in [0.25, 0.3) is 0 Å². The average Bonchev–Trinajstić information content (AvgIpc) is 2.24. The van der Waals surface area contributed by atoms with Crippen molar-refractivity contribution in [2.24, 2.45) is 4.99 Å². The zero-order valence-corrected chi connectivity index (χ0v) is 11.5. The molecule has 1 atom stereocenters. The Bertz CT molecular complexity index is 233. The molecule has 0 aromatic heterocycles. The largest absolute Gasteiger partial charge is 0.362 e. The smallest absolute Gasteiger partial charge is 0.102 e. The molecule has 0 fully saturated rings. The minimum atomic E-state index is 0.594. The summed E-state index contributed by atoms with van der Waals surface area (Å²) in [7, 11) is 3.93. The normalized spacial score (nSPS) is 13.7. The van der Waals surface area contributed by atoms with Crippen LogP contribution in [0, 0.1) is 0 Å². The van der Waals surface area contributed by atoms with E-state index < -0.39 is 0 Å². The summed E-state index contributed by atoms with van der Waals surface area (Å²) in [5, 5.41) is 3.48. The molecular formula is C13H27N3. The minimum Gasteiger partial charge on any atom is -0.362 e. The van der Waals surface area contributed by atoms with Crippen molar-refractivity contribution in [2.45, 2.75) is 39.7 Å². The van der Waals surface area contributed by atoms with Crippen molar-refractivity contribution >= 4 is 5.84 Å². The number of nitrogens with one attached hydrogen (secondary N) is 1. The topological polar surface area (TPSA) is 27.6 Å². The summed E-state index contributed by atoms with van der Waals surface area (Å²) >= 11 is 0. The first-order valence-corrected chi connectivity index (χ1v) is 6.05. The highest BCUT2D eigenvalue weighted by atomic mass is 15.2. The fraction of sp³-hybridized carbons (Fsp3) is 0.769. The van der Waals surface area contributed by atoms with Crippen LogP contribution in [0.5, 0.6) is 0 Å². The van der Waals surface area contributed by atoms with Crippen molar-refractivity contribution in [3.63, 3.8) is 0 Å². The number of rotatable bonds is 7. The van der Waals surface area contributed by atoms with Crippen LogP contribution >= 0.6 is 0 Å². The van der Waals surface area contributed by atoms with Gasteiger partial charge in [0, 0.05) is 39.6 Å². The maximum atomic E-state index is 4.30. The molecule has 0 aliphatic carbocycles. The van der Waals surface area contributed by atoms with Crippen LogP contribution in [0.2, 0.25) is 0 Å². The van der Waals surface area contributed by atoms with Gasteiger partial charge in [-0.15, -0.1) is 0 Å². The predicted molar refractivity (Wildman–Crippen MR) is 73.2 cm³/mol. The first-order chi connectivity index (χ1) is 7.51. The van der Waals surface area contributed by atoms with Crippen molar-refractivity contribution in [2.75, 3.05) is 27.2 Å². The Kier molecular flexibility index (Phi) is 7.90. The first kappa shape index (κ1) is 15.2. The van der Waals surface area contributed by atoms with Crippen molar-refractivity contribution in [3.05, 3.63) is 12.2 Å². The Morgan fingerprint density at radius 2 is 2.12 bits per heavy atom. The third-order valence-corrected chi connectivity index (χ3v) is 2.71. The molecular weight excluding hydrogens is 198 g/mol. The number of nitrogens with zero attached hydrogens (tertiary/aromatic N) is 2. The molecule has 0 aliphatic rings. The van der Waals surface area contributed by atoms with E-state index in [2.05, 4.69) is 42.7 Å². The molecule has 0 aromatic rings. The fourth-order valence-corrected chi connectivity index (χ4v) is 1.41. The first-order valence-electron chi connectivity index (χ1n) is 6.05. The molecule has 0 amide bonds. The third-order valence-electron chi connectivity index (χ3n) is 2.71. The average molecular weight is 225 g/mol. The van der Waals surface area contributed by atoms with Gasteiger partial charge >= 0.3 is 0 Å². The van der Waals surface area contributed by atoms with E-state index >= 15 is 0 Å². The predicted octanol–water partition coefficient (Wildman–Crippen LogP) is 2.30. The fourth-order valence-electron chi connectivity index (χ4n) is 1.41. The third kappa shape index (κ3) is 6.62. The second kappa shape index (κ2) is 8.34. The molecule has 1 unspecified atom stereocenters. The maximum absolute atomic E-state index is 4.30. The summed E-state index contributed by atoms with van der Waals surface area (Å²) in [6.45, 7) is 12.4. The van der Waals surface area contributed by atoms with Gasteiger partial charge in [-0.25, -0.2) is 0 Å². The molecule has 3 heteroatoms. The molecule has 0 saturated heterocycles. The summed E-state index contributed by atoms with van der Waals surface area (Å²) in [6, 6.07) is 0.594. The number of aliphatic imine (C=N–C) groups is 1. The summed E-state index contributed by atoms with van der Waals surface area (Å²) in [5.41, 5.74) is 1.15. The summed E-state index contributed by atoms with van der Waals surface area (Å²) in [4.78, 5) is 6.50. The molecule has 0 spiro atoms. The Hall–Kier alpha value is -0.830. The van der Waals surface area contributed by atoms with E-state index in [9.17, 15) is 0 Å². The van der Waals surface area contributed by atoms with Gasteiger partial charge < -0.3 is 10.2 Å². The zero-order chi connectivity index (χ0) is 12.6. The van der Waals surface area contributed by atoms with Gasteiger partial charge in [0.15, 0.2) is 0 Å². The van der Waals surface area contributed by atoms with Crippen molar-refractivity contribution in [1.82, 2.24) is 10.2 Å². The molecule has 16 heavy (non-hydrogen) atoms. The van der Waals surface area contributed by atoms with Gasteiger partial charge in [0.2, 0.25) is 0 Å². The van der Waals surface area contributed by atoms with Gasteiger partial charge in [0.05, 0.1) is 0 Å². The number of hydrogen-bond acceptors (Lipinski definition) is 2.